The molecule has 6 nitrogen and oxygen atoms in total. The molecule has 148 valence electrons. The van der Waals surface area contributed by atoms with E-state index in [1.165, 1.54) is 12.1 Å². The number of benzene rings is 2. The minimum atomic E-state index is -0.732. The molecule has 1 atom stereocenters. The molecule has 0 radical (unpaired) electrons. The summed E-state index contributed by atoms with van der Waals surface area (Å²) in [5, 5.41) is 6.23. The lowest BCUT2D eigenvalue weighted by Gasteiger charge is -2.20. The number of ether oxygens (including phenoxy) is 2. The number of halogens is 2. The minimum Gasteiger partial charge on any atom is -0.454 e. The van der Waals surface area contributed by atoms with Crippen molar-refractivity contribution in [3.8, 4) is 11.5 Å². The maximum absolute atomic E-state index is 12.8. The first-order chi connectivity index (χ1) is 13.3. The lowest BCUT2D eigenvalue weighted by Crippen LogP contribution is -2.44. The Bertz CT molecular complexity index is 902. The molecule has 2 aromatic rings. The van der Waals surface area contributed by atoms with E-state index in [1.807, 2.05) is 13.8 Å². The van der Waals surface area contributed by atoms with Gasteiger partial charge >= 0.3 is 0 Å². The quantitative estimate of drug-likeness (QED) is 0.717. The molecule has 0 aliphatic carbocycles. The monoisotopic (exact) mass is 422 g/mol. The summed E-state index contributed by atoms with van der Waals surface area (Å²) in [5.41, 5.74) is 0.817. The molecule has 0 fully saturated rings. The number of nitrogens with one attached hydrogen (secondary N) is 2. The summed E-state index contributed by atoms with van der Waals surface area (Å²) in [4.78, 5) is 25.4. The second kappa shape index (κ2) is 8.71. The van der Waals surface area contributed by atoms with Gasteiger partial charge in [0, 0.05) is 16.8 Å². The molecule has 28 heavy (non-hydrogen) atoms. The van der Waals surface area contributed by atoms with Gasteiger partial charge in [0.25, 0.3) is 5.91 Å². The second-order valence-corrected chi connectivity index (χ2v) is 7.68. The van der Waals surface area contributed by atoms with E-state index >= 15 is 0 Å². The van der Waals surface area contributed by atoms with Crippen LogP contribution in [0.1, 0.15) is 30.6 Å². The summed E-state index contributed by atoms with van der Waals surface area (Å²) in [5.74, 6) is 0.616. The van der Waals surface area contributed by atoms with Crippen LogP contribution in [0.5, 0.6) is 11.5 Å². The summed E-state index contributed by atoms with van der Waals surface area (Å²) >= 11 is 12.0. The predicted octanol–water partition coefficient (Wildman–Crippen LogP) is 4.51. The van der Waals surface area contributed by atoms with Gasteiger partial charge in [-0.25, -0.2) is 0 Å². The number of carbonyl (C=O) groups is 2. The van der Waals surface area contributed by atoms with Crippen molar-refractivity contribution in [1.29, 1.82) is 0 Å². The summed E-state index contributed by atoms with van der Waals surface area (Å²) in [6.07, 6.45) is 0.466. The number of rotatable bonds is 6. The number of anilines is 1. The van der Waals surface area contributed by atoms with E-state index in [9.17, 15) is 9.59 Å². The Morgan fingerprint density at radius 2 is 1.82 bits per heavy atom. The van der Waals surface area contributed by atoms with Crippen LogP contribution in [0.2, 0.25) is 10.0 Å². The zero-order valence-corrected chi connectivity index (χ0v) is 16.9. The maximum atomic E-state index is 12.8. The average molecular weight is 423 g/mol. The fraction of sp³-hybridized carbons (Fsp3) is 0.300. The Morgan fingerprint density at radius 1 is 1.07 bits per heavy atom. The number of hydrogen-bond acceptors (Lipinski definition) is 4. The first-order valence-electron chi connectivity index (χ1n) is 8.80. The van der Waals surface area contributed by atoms with Crippen molar-refractivity contribution < 1.29 is 19.1 Å². The summed E-state index contributed by atoms with van der Waals surface area (Å²) < 4.78 is 10.6. The molecule has 2 aromatic carbocycles. The molecule has 1 aliphatic heterocycles. The number of fused-ring (bicyclic) bond motifs is 1. The van der Waals surface area contributed by atoms with Crippen molar-refractivity contribution in [3.05, 3.63) is 52.0 Å². The molecule has 0 saturated heterocycles. The third-order valence-electron chi connectivity index (χ3n) is 4.14. The Labute approximate surface area is 173 Å². The van der Waals surface area contributed by atoms with Gasteiger partial charge < -0.3 is 20.1 Å². The van der Waals surface area contributed by atoms with E-state index in [1.54, 1.807) is 24.3 Å². The largest absolute Gasteiger partial charge is 0.454 e. The summed E-state index contributed by atoms with van der Waals surface area (Å²) in [6, 6.07) is 8.99. The van der Waals surface area contributed by atoms with Crippen LogP contribution >= 0.6 is 23.2 Å². The van der Waals surface area contributed by atoms with Crippen molar-refractivity contribution >= 4 is 40.7 Å². The first-order valence-corrected chi connectivity index (χ1v) is 9.55. The van der Waals surface area contributed by atoms with Crippen molar-refractivity contribution in [2.45, 2.75) is 26.3 Å². The normalized spacial score (nSPS) is 13.3. The van der Waals surface area contributed by atoms with E-state index in [2.05, 4.69) is 10.6 Å². The fourth-order valence-electron chi connectivity index (χ4n) is 2.82. The zero-order valence-electron chi connectivity index (χ0n) is 15.4. The molecule has 8 heteroatoms. The SMILES string of the molecule is CC(C)C[C@@H](NC(=O)c1ccc(Cl)cc1Cl)C(=O)Nc1ccc2c(c1)OCO2. The van der Waals surface area contributed by atoms with Gasteiger partial charge in [0.15, 0.2) is 11.5 Å². The lowest BCUT2D eigenvalue weighted by atomic mass is 10.0. The van der Waals surface area contributed by atoms with Crippen LogP contribution in [0, 0.1) is 5.92 Å². The van der Waals surface area contributed by atoms with E-state index in [0.717, 1.165) is 0 Å². The Hall–Kier alpha value is -2.44. The third-order valence-corrected chi connectivity index (χ3v) is 4.69. The highest BCUT2D eigenvalue weighted by Gasteiger charge is 2.24. The van der Waals surface area contributed by atoms with Crippen LogP contribution in [0.4, 0.5) is 5.69 Å². The van der Waals surface area contributed by atoms with Gasteiger partial charge in [-0.3, -0.25) is 9.59 Å². The van der Waals surface area contributed by atoms with Crippen LogP contribution < -0.4 is 20.1 Å². The highest BCUT2D eigenvalue weighted by molar-refractivity contribution is 6.36. The van der Waals surface area contributed by atoms with Gasteiger partial charge in [-0.05, 0) is 42.7 Å². The summed E-state index contributed by atoms with van der Waals surface area (Å²) in [7, 11) is 0. The van der Waals surface area contributed by atoms with Gasteiger partial charge in [0.2, 0.25) is 12.7 Å². The number of carbonyl (C=O) groups excluding carboxylic acids is 2. The molecule has 0 aromatic heterocycles. The standard InChI is InChI=1S/C20H20Cl2N2O4/c1-11(2)7-16(24-19(25)14-5-3-12(21)8-15(14)22)20(26)23-13-4-6-17-18(9-13)28-10-27-17/h3-6,8-9,11,16H,7,10H2,1-2H3,(H,23,26)(H,24,25)/t16-/m1/s1. The molecular weight excluding hydrogens is 403 g/mol. The van der Waals surface area contributed by atoms with Gasteiger partial charge in [0.1, 0.15) is 6.04 Å². The topological polar surface area (TPSA) is 76.7 Å². The van der Waals surface area contributed by atoms with Crippen LogP contribution in [-0.4, -0.2) is 24.6 Å². The van der Waals surface area contributed by atoms with Gasteiger partial charge in [0.05, 0.1) is 10.6 Å². The number of amides is 2. The van der Waals surface area contributed by atoms with Crippen molar-refractivity contribution in [1.82, 2.24) is 5.32 Å². The second-order valence-electron chi connectivity index (χ2n) is 6.84. The molecule has 1 aliphatic rings. The first kappa shape index (κ1) is 20.3. The van der Waals surface area contributed by atoms with E-state index in [4.69, 9.17) is 32.7 Å². The molecule has 0 spiro atoms. The maximum Gasteiger partial charge on any atom is 0.253 e. The molecule has 3 rings (SSSR count). The highest BCUT2D eigenvalue weighted by Crippen LogP contribution is 2.34. The molecule has 0 unspecified atom stereocenters. The molecule has 2 N–H and O–H groups in total. The fourth-order valence-corrected chi connectivity index (χ4v) is 3.31. The van der Waals surface area contributed by atoms with Crippen LogP contribution in [0.15, 0.2) is 36.4 Å². The average Bonchev–Trinajstić information content (AvgIpc) is 3.08. The van der Waals surface area contributed by atoms with Gasteiger partial charge in [-0.2, -0.15) is 0 Å². The van der Waals surface area contributed by atoms with E-state index in [0.29, 0.717) is 28.6 Å². The zero-order chi connectivity index (χ0) is 20.3. The Balaban J connectivity index is 1.73. The summed E-state index contributed by atoms with van der Waals surface area (Å²) in [6.45, 7) is 4.10. The van der Waals surface area contributed by atoms with Crippen LogP contribution in [0.25, 0.3) is 0 Å². The van der Waals surface area contributed by atoms with Crippen LogP contribution in [-0.2, 0) is 4.79 Å². The Morgan fingerprint density at radius 3 is 2.54 bits per heavy atom. The lowest BCUT2D eigenvalue weighted by molar-refractivity contribution is -0.118. The van der Waals surface area contributed by atoms with Gasteiger partial charge in [-0.15, -0.1) is 0 Å². The minimum absolute atomic E-state index is 0.153. The van der Waals surface area contributed by atoms with Crippen LogP contribution in [0.3, 0.4) is 0 Å². The predicted molar refractivity (Wildman–Crippen MR) is 108 cm³/mol. The van der Waals surface area contributed by atoms with Gasteiger partial charge in [-0.1, -0.05) is 37.0 Å². The van der Waals surface area contributed by atoms with E-state index < -0.39 is 11.9 Å². The van der Waals surface area contributed by atoms with E-state index in [-0.39, 0.29) is 29.2 Å². The smallest absolute Gasteiger partial charge is 0.253 e. The highest BCUT2D eigenvalue weighted by atomic mass is 35.5. The Kier molecular flexibility index (Phi) is 6.31. The van der Waals surface area contributed by atoms with Crippen molar-refractivity contribution in [3.63, 3.8) is 0 Å². The van der Waals surface area contributed by atoms with Crippen molar-refractivity contribution in [2.75, 3.05) is 12.1 Å². The molecular formula is C20H20Cl2N2O4. The molecule has 1 heterocycles. The molecule has 2 amide bonds. The van der Waals surface area contributed by atoms with Crippen molar-refractivity contribution in [2.24, 2.45) is 5.92 Å². The molecule has 0 saturated carbocycles. The third kappa shape index (κ3) is 4.88. The number of hydrogen-bond donors (Lipinski definition) is 2. The molecule has 0 bridgehead atoms.